The van der Waals surface area contributed by atoms with Crippen molar-refractivity contribution >= 4 is 80.8 Å². The molecule has 2 nitrogen and oxygen atoms in total. The number of allylic oxidation sites excluding steroid dienone is 4. The van der Waals surface area contributed by atoms with E-state index >= 15 is 0 Å². The highest BCUT2D eigenvalue weighted by Crippen LogP contribution is 2.41. The summed E-state index contributed by atoms with van der Waals surface area (Å²) in [6.45, 7) is 0. The minimum Gasteiger partial charge on any atom is -0.310 e. The van der Waals surface area contributed by atoms with Gasteiger partial charge in [-0.1, -0.05) is 115 Å². The van der Waals surface area contributed by atoms with Gasteiger partial charge in [-0.25, -0.2) is 0 Å². The number of hydrogen-bond acceptors (Lipinski definition) is 1. The normalized spacial score (nSPS) is 14.8. The number of hydrogen-bond donors (Lipinski definition) is 0. The maximum Gasteiger partial charge on any atom is 0.0547 e. The van der Waals surface area contributed by atoms with Crippen molar-refractivity contribution in [2.75, 3.05) is 0 Å². The maximum absolute atomic E-state index is 2.45. The second-order valence-corrected chi connectivity index (χ2v) is 14.8. The van der Waals surface area contributed by atoms with E-state index in [1.807, 2.05) is 11.3 Å². The molecule has 0 saturated carbocycles. The molecule has 51 heavy (non-hydrogen) atoms. The Morgan fingerprint density at radius 1 is 0.451 bits per heavy atom. The minimum absolute atomic E-state index is 0.360. The molecule has 0 bridgehead atoms. The zero-order chi connectivity index (χ0) is 33.5. The maximum atomic E-state index is 2.45. The lowest BCUT2D eigenvalue weighted by atomic mass is 9.91. The first-order chi connectivity index (χ1) is 25.3. The van der Waals surface area contributed by atoms with Crippen molar-refractivity contribution in [1.29, 1.82) is 0 Å². The number of rotatable bonds is 4. The Kier molecular flexibility index (Phi) is 6.28. The molecular weight excluding hydrogens is 637 g/mol. The molecule has 0 fully saturated rings. The third kappa shape index (κ3) is 4.42. The van der Waals surface area contributed by atoms with Gasteiger partial charge in [-0.3, -0.25) is 0 Å². The molecule has 3 heteroatoms. The first-order valence-electron chi connectivity index (χ1n) is 17.7. The van der Waals surface area contributed by atoms with Gasteiger partial charge in [-0.05, 0) is 83.8 Å². The molecule has 10 aromatic rings. The minimum atomic E-state index is 0.360. The molecule has 1 aliphatic carbocycles. The second-order valence-electron chi connectivity index (χ2n) is 13.7. The molecule has 0 aliphatic heterocycles. The average Bonchev–Trinajstić information content (AvgIpc) is 3.85. The molecule has 11 rings (SSSR count). The molecule has 1 aliphatic rings. The second kappa shape index (κ2) is 11.2. The summed E-state index contributed by atoms with van der Waals surface area (Å²) in [5.74, 6) is 0.360. The van der Waals surface area contributed by atoms with Crippen LogP contribution in [0.4, 0.5) is 0 Å². The van der Waals surface area contributed by atoms with E-state index in [1.54, 1.807) is 0 Å². The number of thiophene rings is 1. The Morgan fingerprint density at radius 2 is 1.10 bits per heavy atom. The highest BCUT2D eigenvalue weighted by molar-refractivity contribution is 7.25. The van der Waals surface area contributed by atoms with Gasteiger partial charge in [-0.2, -0.15) is 0 Å². The van der Waals surface area contributed by atoms with Gasteiger partial charge in [0.15, 0.2) is 0 Å². The lowest BCUT2D eigenvalue weighted by molar-refractivity contribution is 0.849. The predicted octanol–water partition coefficient (Wildman–Crippen LogP) is 13.5. The Labute approximate surface area is 299 Å². The predicted molar refractivity (Wildman–Crippen MR) is 219 cm³/mol. The van der Waals surface area contributed by atoms with Crippen LogP contribution in [-0.2, 0) is 0 Å². The molecule has 0 N–H and O–H groups in total. The van der Waals surface area contributed by atoms with Crippen molar-refractivity contribution in [3.8, 4) is 16.8 Å². The van der Waals surface area contributed by atoms with E-state index in [4.69, 9.17) is 0 Å². The number of fused-ring (bicyclic) bond motifs is 9. The van der Waals surface area contributed by atoms with Crippen LogP contribution in [0.1, 0.15) is 17.9 Å². The van der Waals surface area contributed by atoms with E-state index in [1.165, 1.54) is 91.9 Å². The summed E-state index contributed by atoms with van der Waals surface area (Å²) in [6.07, 6.45) is 8.08. The van der Waals surface area contributed by atoms with Crippen molar-refractivity contribution in [2.45, 2.75) is 12.3 Å². The van der Waals surface area contributed by atoms with Crippen LogP contribution < -0.4 is 0 Å². The van der Waals surface area contributed by atoms with Crippen molar-refractivity contribution in [1.82, 2.24) is 9.13 Å². The smallest absolute Gasteiger partial charge is 0.0547 e. The summed E-state index contributed by atoms with van der Waals surface area (Å²) >= 11 is 1.87. The number of benzene rings is 7. The Hall–Kier alpha value is -6.16. The quantitative estimate of drug-likeness (QED) is 0.177. The van der Waals surface area contributed by atoms with E-state index in [2.05, 4.69) is 185 Å². The molecule has 240 valence electrons. The summed E-state index contributed by atoms with van der Waals surface area (Å²) in [7, 11) is 0. The van der Waals surface area contributed by atoms with Crippen LogP contribution in [0.25, 0.3) is 86.3 Å². The molecule has 3 aromatic heterocycles. The third-order valence-corrected chi connectivity index (χ3v) is 12.0. The van der Waals surface area contributed by atoms with Crippen LogP contribution in [0, 0.1) is 0 Å². The third-order valence-electron chi connectivity index (χ3n) is 10.8. The van der Waals surface area contributed by atoms with E-state index < -0.39 is 0 Å². The van der Waals surface area contributed by atoms with Gasteiger partial charge < -0.3 is 9.13 Å². The van der Waals surface area contributed by atoms with Gasteiger partial charge in [-0.15, -0.1) is 11.3 Å². The molecule has 0 saturated heterocycles. The van der Waals surface area contributed by atoms with Gasteiger partial charge in [0.05, 0.1) is 22.1 Å². The zero-order valence-electron chi connectivity index (χ0n) is 27.8. The highest BCUT2D eigenvalue weighted by Gasteiger charge is 2.19. The average molecular weight is 669 g/mol. The van der Waals surface area contributed by atoms with Gasteiger partial charge in [0.1, 0.15) is 0 Å². The van der Waals surface area contributed by atoms with Crippen molar-refractivity contribution < 1.29 is 0 Å². The SMILES string of the molecule is C1=CC(n2c3ccccc3c3cc(-c4ccc5c6ccccc6n(-c6ccc7sc8ccccc8c7c6)c5c4)ccc32)=CC(c2ccccc2)C1. The van der Waals surface area contributed by atoms with E-state index in [9.17, 15) is 0 Å². The summed E-state index contributed by atoms with van der Waals surface area (Å²) in [6, 6.07) is 58.3. The molecule has 7 aromatic carbocycles. The standard InChI is InChI=1S/C48H32N2S/c1-2-11-31(12-3-1)32-13-10-14-35(27-32)49-44-19-8-5-16-38(44)41-28-33(22-25-45(41)49)34-21-24-39-37-15-4-7-18-43(37)50(46(39)29-34)36-23-26-48-42(30-36)40-17-6-9-20-47(40)51-48/h1-12,14-30,32H,13H2. The summed E-state index contributed by atoms with van der Waals surface area (Å²) in [5, 5.41) is 7.73. The molecule has 3 heterocycles. The molecular formula is C48H32N2S. The fourth-order valence-corrected chi connectivity index (χ4v) is 9.55. The van der Waals surface area contributed by atoms with E-state index in [-0.39, 0.29) is 0 Å². The number of nitrogens with zero attached hydrogens (tertiary/aromatic N) is 2. The van der Waals surface area contributed by atoms with Gasteiger partial charge in [0.2, 0.25) is 0 Å². The molecule has 0 amide bonds. The van der Waals surface area contributed by atoms with Gasteiger partial charge in [0.25, 0.3) is 0 Å². The zero-order valence-corrected chi connectivity index (χ0v) is 28.6. The fourth-order valence-electron chi connectivity index (χ4n) is 8.46. The van der Waals surface area contributed by atoms with Crippen molar-refractivity contribution in [2.24, 2.45) is 0 Å². The van der Waals surface area contributed by atoms with E-state index in [0.29, 0.717) is 5.92 Å². The monoisotopic (exact) mass is 668 g/mol. The Bertz CT molecular complexity index is 3060. The van der Waals surface area contributed by atoms with Crippen molar-refractivity contribution in [3.05, 3.63) is 182 Å². The molecule has 1 unspecified atom stereocenters. The Morgan fingerprint density at radius 3 is 1.96 bits per heavy atom. The summed E-state index contributed by atoms with van der Waals surface area (Å²) in [4.78, 5) is 0. The summed E-state index contributed by atoms with van der Waals surface area (Å²) < 4.78 is 7.56. The highest BCUT2D eigenvalue weighted by atomic mass is 32.1. The molecule has 0 radical (unpaired) electrons. The van der Waals surface area contributed by atoms with E-state index in [0.717, 1.165) is 6.42 Å². The van der Waals surface area contributed by atoms with Crippen LogP contribution in [0.2, 0.25) is 0 Å². The van der Waals surface area contributed by atoms with Crippen LogP contribution in [0.3, 0.4) is 0 Å². The molecule has 0 spiro atoms. The largest absolute Gasteiger partial charge is 0.310 e. The number of para-hydroxylation sites is 2. The fraction of sp³-hybridized carbons (Fsp3) is 0.0417. The van der Waals surface area contributed by atoms with Crippen molar-refractivity contribution in [3.63, 3.8) is 0 Å². The van der Waals surface area contributed by atoms with Crippen LogP contribution in [-0.4, -0.2) is 9.13 Å². The molecule has 1 atom stereocenters. The first-order valence-corrected chi connectivity index (χ1v) is 18.5. The van der Waals surface area contributed by atoms with Crippen LogP contribution >= 0.6 is 11.3 Å². The van der Waals surface area contributed by atoms with Gasteiger partial charge in [0, 0.05) is 59.0 Å². The topological polar surface area (TPSA) is 9.86 Å². The van der Waals surface area contributed by atoms with Crippen LogP contribution in [0.5, 0.6) is 0 Å². The van der Waals surface area contributed by atoms with Gasteiger partial charge >= 0.3 is 0 Å². The lowest BCUT2D eigenvalue weighted by Gasteiger charge is -2.19. The lowest BCUT2D eigenvalue weighted by Crippen LogP contribution is -2.03. The first kappa shape index (κ1) is 28.7. The summed E-state index contributed by atoms with van der Waals surface area (Å²) in [5.41, 5.74) is 11.1. The Balaban J connectivity index is 1.09. The number of aromatic nitrogens is 2. The van der Waals surface area contributed by atoms with Crippen LogP contribution in [0.15, 0.2) is 176 Å².